The van der Waals surface area contributed by atoms with E-state index < -0.39 is 12.1 Å². The Morgan fingerprint density at radius 1 is 1.04 bits per heavy atom. The van der Waals surface area contributed by atoms with Crippen molar-refractivity contribution in [3.05, 3.63) is 59.2 Å². The fourth-order valence-electron chi connectivity index (χ4n) is 2.63. The highest BCUT2D eigenvalue weighted by Gasteiger charge is 2.19. The van der Waals surface area contributed by atoms with Gasteiger partial charge in [0.2, 0.25) is 0 Å². The van der Waals surface area contributed by atoms with Crippen LogP contribution in [-0.4, -0.2) is 25.1 Å². The lowest BCUT2D eigenvalue weighted by molar-refractivity contribution is -0.122. The van der Waals surface area contributed by atoms with Crippen molar-refractivity contribution < 1.29 is 19.1 Å². The number of carbonyl (C=O) groups excluding carboxylic acids is 2. The third-order valence-electron chi connectivity index (χ3n) is 4.40. The van der Waals surface area contributed by atoms with Crippen molar-refractivity contribution >= 4 is 17.6 Å². The molecule has 0 aliphatic carbocycles. The van der Waals surface area contributed by atoms with Crippen LogP contribution in [0.15, 0.2) is 42.5 Å². The highest BCUT2D eigenvalue weighted by molar-refractivity contribution is 5.98. The van der Waals surface area contributed by atoms with Crippen molar-refractivity contribution in [2.24, 2.45) is 0 Å². The Bertz CT molecular complexity index is 819. The smallest absolute Gasteiger partial charge is 0.338 e. The van der Waals surface area contributed by atoms with Gasteiger partial charge in [0, 0.05) is 5.69 Å². The van der Waals surface area contributed by atoms with E-state index >= 15 is 0 Å². The number of nitrogens with one attached hydrogen (secondary N) is 1. The minimum Gasteiger partial charge on any atom is -0.481 e. The maximum atomic E-state index is 12.5. The molecule has 2 rings (SSSR count). The summed E-state index contributed by atoms with van der Waals surface area (Å²) < 4.78 is 10.5. The maximum absolute atomic E-state index is 12.5. The standard InChI is InChI=1S/C22H27NO4/c1-14-18(21(25)26-6)8-7-9-19(14)23-20(24)15(2)27-17-12-10-16(11-13-17)22(3,4)5/h7-13,15H,1-6H3,(H,23,24)/t15-/m0/s1. The lowest BCUT2D eigenvalue weighted by Gasteiger charge is -2.20. The van der Waals surface area contributed by atoms with Crippen LogP contribution in [0.2, 0.25) is 0 Å². The van der Waals surface area contributed by atoms with Gasteiger partial charge in [-0.25, -0.2) is 4.79 Å². The molecule has 1 amide bonds. The summed E-state index contributed by atoms with van der Waals surface area (Å²) in [5, 5.41) is 2.81. The number of anilines is 1. The Kier molecular flexibility index (Phi) is 6.26. The second-order valence-corrected chi connectivity index (χ2v) is 7.49. The molecule has 0 spiro atoms. The lowest BCUT2D eigenvalue weighted by Crippen LogP contribution is -2.30. The molecule has 5 nitrogen and oxygen atoms in total. The summed E-state index contributed by atoms with van der Waals surface area (Å²) in [5.41, 5.74) is 2.88. The first-order chi connectivity index (χ1) is 12.6. The van der Waals surface area contributed by atoms with Crippen molar-refractivity contribution in [3.8, 4) is 5.75 Å². The van der Waals surface area contributed by atoms with Crippen molar-refractivity contribution in [2.45, 2.75) is 46.1 Å². The quantitative estimate of drug-likeness (QED) is 0.789. The number of carbonyl (C=O) groups is 2. The van der Waals surface area contributed by atoms with Crippen LogP contribution in [0.3, 0.4) is 0 Å². The van der Waals surface area contributed by atoms with Crippen LogP contribution in [0.4, 0.5) is 5.69 Å². The summed E-state index contributed by atoms with van der Waals surface area (Å²) in [6.45, 7) is 9.88. The molecule has 0 aliphatic heterocycles. The molecule has 1 N–H and O–H groups in total. The number of amides is 1. The molecule has 0 saturated heterocycles. The second-order valence-electron chi connectivity index (χ2n) is 7.49. The van der Waals surface area contributed by atoms with Crippen LogP contribution < -0.4 is 10.1 Å². The molecule has 0 fully saturated rings. The van der Waals surface area contributed by atoms with Gasteiger partial charge in [-0.3, -0.25) is 4.79 Å². The Hall–Kier alpha value is -2.82. The minimum absolute atomic E-state index is 0.0592. The zero-order chi connectivity index (χ0) is 20.2. The third-order valence-corrected chi connectivity index (χ3v) is 4.40. The first-order valence-corrected chi connectivity index (χ1v) is 8.89. The number of hydrogen-bond donors (Lipinski definition) is 1. The molecule has 0 saturated carbocycles. The predicted octanol–water partition coefficient (Wildman–Crippen LogP) is 4.49. The van der Waals surface area contributed by atoms with Crippen LogP contribution in [-0.2, 0) is 14.9 Å². The number of hydrogen-bond acceptors (Lipinski definition) is 4. The van der Waals surface area contributed by atoms with E-state index in [1.807, 2.05) is 24.3 Å². The zero-order valence-corrected chi connectivity index (χ0v) is 16.8. The van der Waals surface area contributed by atoms with Gasteiger partial charge in [-0.2, -0.15) is 0 Å². The van der Waals surface area contributed by atoms with Crippen LogP contribution in [0, 0.1) is 6.92 Å². The van der Waals surface area contributed by atoms with Crippen LogP contribution >= 0.6 is 0 Å². The molecule has 2 aromatic carbocycles. The summed E-state index contributed by atoms with van der Waals surface area (Å²) in [7, 11) is 1.33. The van der Waals surface area contributed by atoms with Crippen molar-refractivity contribution in [1.29, 1.82) is 0 Å². The number of benzene rings is 2. The molecular formula is C22H27NO4. The number of rotatable bonds is 5. The average Bonchev–Trinajstić information content (AvgIpc) is 2.62. The fraction of sp³-hybridized carbons (Fsp3) is 0.364. The van der Waals surface area contributed by atoms with Gasteiger partial charge in [-0.05, 0) is 54.7 Å². The van der Waals surface area contributed by atoms with E-state index in [9.17, 15) is 9.59 Å². The predicted molar refractivity (Wildman–Crippen MR) is 106 cm³/mol. The van der Waals surface area contributed by atoms with E-state index in [-0.39, 0.29) is 11.3 Å². The Morgan fingerprint density at radius 3 is 2.22 bits per heavy atom. The Morgan fingerprint density at radius 2 is 1.67 bits per heavy atom. The van der Waals surface area contributed by atoms with Crippen molar-refractivity contribution in [1.82, 2.24) is 0 Å². The average molecular weight is 369 g/mol. The van der Waals surface area contributed by atoms with Crippen LogP contribution in [0.1, 0.15) is 49.2 Å². The molecule has 27 heavy (non-hydrogen) atoms. The molecule has 0 aliphatic rings. The largest absolute Gasteiger partial charge is 0.481 e. The summed E-state index contributed by atoms with van der Waals surface area (Å²) in [6, 6.07) is 12.8. The van der Waals surface area contributed by atoms with E-state index in [2.05, 4.69) is 26.1 Å². The van der Waals surface area contributed by atoms with Gasteiger partial charge in [0.1, 0.15) is 5.75 Å². The highest BCUT2D eigenvalue weighted by Crippen LogP contribution is 2.25. The molecule has 0 radical (unpaired) electrons. The summed E-state index contributed by atoms with van der Waals surface area (Å²) in [5.74, 6) is -0.0995. The molecule has 2 aromatic rings. The normalized spacial score (nSPS) is 12.2. The van der Waals surface area contributed by atoms with E-state index in [1.165, 1.54) is 12.7 Å². The maximum Gasteiger partial charge on any atom is 0.338 e. The van der Waals surface area contributed by atoms with Gasteiger partial charge < -0.3 is 14.8 Å². The minimum atomic E-state index is -0.688. The zero-order valence-electron chi connectivity index (χ0n) is 16.8. The highest BCUT2D eigenvalue weighted by atomic mass is 16.5. The molecule has 5 heteroatoms. The van der Waals surface area contributed by atoms with Crippen molar-refractivity contribution in [2.75, 3.05) is 12.4 Å². The molecule has 1 atom stereocenters. The van der Waals surface area contributed by atoms with Gasteiger partial charge >= 0.3 is 5.97 Å². The number of methoxy groups -OCH3 is 1. The fourth-order valence-corrected chi connectivity index (χ4v) is 2.63. The topological polar surface area (TPSA) is 64.6 Å². The molecule has 0 unspecified atom stereocenters. The van der Waals surface area contributed by atoms with E-state index in [1.54, 1.807) is 32.0 Å². The molecule has 0 bridgehead atoms. The van der Waals surface area contributed by atoms with Gasteiger partial charge in [-0.15, -0.1) is 0 Å². The van der Waals surface area contributed by atoms with E-state index in [0.29, 0.717) is 22.6 Å². The molecule has 0 aromatic heterocycles. The number of esters is 1. The first-order valence-electron chi connectivity index (χ1n) is 8.89. The first kappa shape index (κ1) is 20.5. The van der Waals surface area contributed by atoms with Gasteiger partial charge in [0.05, 0.1) is 12.7 Å². The molecule has 0 heterocycles. The van der Waals surface area contributed by atoms with E-state index in [4.69, 9.17) is 9.47 Å². The van der Waals surface area contributed by atoms with Gasteiger partial charge in [0.15, 0.2) is 6.10 Å². The molecular weight excluding hydrogens is 342 g/mol. The summed E-state index contributed by atoms with van der Waals surface area (Å²) in [4.78, 5) is 24.3. The van der Waals surface area contributed by atoms with E-state index in [0.717, 1.165) is 0 Å². The Labute approximate surface area is 160 Å². The molecule has 144 valence electrons. The monoisotopic (exact) mass is 369 g/mol. The summed E-state index contributed by atoms with van der Waals surface area (Å²) >= 11 is 0. The van der Waals surface area contributed by atoms with Gasteiger partial charge in [-0.1, -0.05) is 39.0 Å². The van der Waals surface area contributed by atoms with Gasteiger partial charge in [0.25, 0.3) is 5.91 Å². The second kappa shape index (κ2) is 8.25. The third kappa shape index (κ3) is 5.09. The number of ether oxygens (including phenoxy) is 2. The van der Waals surface area contributed by atoms with Crippen LogP contribution in [0.25, 0.3) is 0 Å². The summed E-state index contributed by atoms with van der Waals surface area (Å²) in [6.07, 6.45) is -0.688. The van der Waals surface area contributed by atoms with Crippen molar-refractivity contribution in [3.63, 3.8) is 0 Å². The Balaban J connectivity index is 2.07. The lowest BCUT2D eigenvalue weighted by atomic mass is 9.87. The van der Waals surface area contributed by atoms with Crippen LogP contribution in [0.5, 0.6) is 5.75 Å². The SMILES string of the molecule is COC(=O)c1cccc(NC(=O)[C@H](C)Oc2ccc(C(C)(C)C)cc2)c1C.